The fraction of sp³-hybridized carbons (Fsp3) is 0.417. The van der Waals surface area contributed by atoms with E-state index in [0.29, 0.717) is 38.3 Å². The van der Waals surface area contributed by atoms with Crippen LogP contribution in [0.1, 0.15) is 47.9 Å². The molecule has 1 fully saturated rings. The molecule has 1 saturated heterocycles. The van der Waals surface area contributed by atoms with E-state index in [1.807, 2.05) is 55.5 Å². The number of fused-ring (bicyclic) bond motifs is 4. The maximum absolute atomic E-state index is 14.5. The molecular formula is C36H43FN4O6S2. The Balaban J connectivity index is 1.46. The molecule has 5 rings (SSSR count). The van der Waals surface area contributed by atoms with E-state index in [0.717, 1.165) is 35.6 Å². The van der Waals surface area contributed by atoms with Crippen molar-refractivity contribution in [2.75, 3.05) is 19.7 Å². The summed E-state index contributed by atoms with van der Waals surface area (Å²) in [7, 11) is -4.37. The van der Waals surface area contributed by atoms with Crippen molar-refractivity contribution in [3.63, 3.8) is 0 Å². The van der Waals surface area contributed by atoms with Gasteiger partial charge in [-0.1, -0.05) is 54.6 Å². The van der Waals surface area contributed by atoms with Gasteiger partial charge in [0.1, 0.15) is 28.9 Å². The summed E-state index contributed by atoms with van der Waals surface area (Å²) in [6, 6.07) is 17.8. The molecule has 0 aromatic heterocycles. The van der Waals surface area contributed by atoms with Gasteiger partial charge in [0.15, 0.2) is 0 Å². The van der Waals surface area contributed by atoms with E-state index in [9.17, 15) is 27.2 Å². The van der Waals surface area contributed by atoms with Crippen LogP contribution < -0.4 is 20.1 Å². The van der Waals surface area contributed by atoms with Crippen molar-refractivity contribution in [3.05, 3.63) is 101 Å². The predicted molar refractivity (Wildman–Crippen MR) is 188 cm³/mol. The average Bonchev–Trinajstić information content (AvgIpc) is 3.09. The van der Waals surface area contributed by atoms with Crippen molar-refractivity contribution in [1.29, 1.82) is 0 Å². The van der Waals surface area contributed by atoms with Crippen LogP contribution in [0.2, 0.25) is 0 Å². The van der Waals surface area contributed by atoms with Gasteiger partial charge in [-0.25, -0.2) is 17.5 Å². The number of halogens is 1. The maximum atomic E-state index is 14.5. The van der Waals surface area contributed by atoms with Gasteiger partial charge in [0.2, 0.25) is 27.7 Å². The summed E-state index contributed by atoms with van der Waals surface area (Å²) in [4.78, 5) is 43.3. The Bertz CT molecular complexity index is 1740. The highest BCUT2D eigenvalue weighted by atomic mass is 32.2. The van der Waals surface area contributed by atoms with Crippen molar-refractivity contribution in [2.24, 2.45) is 5.92 Å². The monoisotopic (exact) mass is 710 g/mol. The topological polar surface area (TPSA) is 134 Å². The number of piperidine rings is 1. The maximum Gasteiger partial charge on any atom is 0.242 e. The fourth-order valence-corrected chi connectivity index (χ4v) is 8.04. The van der Waals surface area contributed by atoms with Crippen LogP contribution in [-0.4, -0.2) is 68.1 Å². The number of carbonyl (C=O) groups is 3. The van der Waals surface area contributed by atoms with Crippen LogP contribution in [0.15, 0.2) is 72.8 Å². The average molecular weight is 711 g/mol. The standard InChI is InChI=1S/C36H43FN4O6S2/c1-24-13-15-29-20-28(24)21-38-34(42)31(16-14-25-8-3-2-4-9-25)39-35(43)32(40-49(45,46)23-27-11-5-6-12-30(27)37)33(48)36(44)41-18-7-10-26(22-41)17-19-47-29/h2-6,8-9,11-13,15,20,26,31-33,40,48H,7,10,14,16-19,21-23H2,1H3,(H,38,42)(H,39,43)/t26?,31-,32-,33?/m0/s1. The van der Waals surface area contributed by atoms with E-state index in [4.69, 9.17) is 4.74 Å². The minimum Gasteiger partial charge on any atom is -0.494 e. The van der Waals surface area contributed by atoms with Gasteiger partial charge in [-0.05, 0) is 79.8 Å². The number of thiol groups is 1. The normalized spacial score (nSPS) is 22.7. The number of carbonyl (C=O) groups excluding carboxylic acids is 3. The lowest BCUT2D eigenvalue weighted by molar-refractivity contribution is -0.136. The highest BCUT2D eigenvalue weighted by Crippen LogP contribution is 2.24. The zero-order chi connectivity index (χ0) is 35.0. The lowest BCUT2D eigenvalue weighted by Crippen LogP contribution is -2.60. The van der Waals surface area contributed by atoms with Crippen LogP contribution >= 0.6 is 12.6 Å². The van der Waals surface area contributed by atoms with E-state index < -0.39 is 56.6 Å². The van der Waals surface area contributed by atoms with Crippen molar-refractivity contribution in [3.8, 4) is 5.75 Å². The first-order valence-corrected chi connectivity index (χ1v) is 18.7. The summed E-state index contributed by atoms with van der Waals surface area (Å²) in [6.45, 7) is 3.35. The van der Waals surface area contributed by atoms with Gasteiger partial charge in [0.05, 0.1) is 12.4 Å². The van der Waals surface area contributed by atoms with Gasteiger partial charge in [-0.3, -0.25) is 14.4 Å². The Kier molecular flexibility index (Phi) is 12.3. The smallest absolute Gasteiger partial charge is 0.242 e. The van der Waals surface area contributed by atoms with Gasteiger partial charge in [-0.15, -0.1) is 0 Å². The van der Waals surface area contributed by atoms with Crippen LogP contribution in [0.3, 0.4) is 0 Å². The number of rotatable bonds is 7. The highest BCUT2D eigenvalue weighted by Gasteiger charge is 2.39. The second kappa shape index (κ2) is 16.6. The Morgan fingerprint density at radius 1 is 1.00 bits per heavy atom. The first kappa shape index (κ1) is 36.3. The van der Waals surface area contributed by atoms with Gasteiger partial charge >= 0.3 is 0 Å². The molecule has 4 atom stereocenters. The van der Waals surface area contributed by atoms with Crippen molar-refractivity contribution in [1.82, 2.24) is 20.3 Å². The fourth-order valence-electron chi connectivity index (χ4n) is 6.21. The SMILES string of the molecule is Cc1ccc2cc1CNC(=O)[C@H](CCc1ccccc1)NC(=O)[C@@H](NS(=O)(=O)Cc1ccccc1F)C(S)C(=O)N1CCCC(CCO2)C1. The molecule has 0 radical (unpaired) electrons. The molecule has 3 N–H and O–H groups in total. The Morgan fingerprint density at radius 3 is 2.53 bits per heavy atom. The van der Waals surface area contributed by atoms with E-state index in [1.54, 1.807) is 4.90 Å². The number of aryl methyl sites for hydroxylation is 2. The summed E-state index contributed by atoms with van der Waals surface area (Å²) in [5.74, 6) is -2.56. The number of nitrogens with zero attached hydrogens (tertiary/aromatic N) is 1. The summed E-state index contributed by atoms with van der Waals surface area (Å²) < 4.78 is 49.7. The lowest BCUT2D eigenvalue weighted by atomic mass is 9.94. The minimum absolute atomic E-state index is 0.0989. The zero-order valence-electron chi connectivity index (χ0n) is 27.4. The van der Waals surface area contributed by atoms with E-state index in [-0.39, 0.29) is 24.4 Å². The molecule has 3 aromatic rings. The van der Waals surface area contributed by atoms with Crippen LogP contribution in [-0.2, 0) is 43.1 Å². The molecule has 13 heteroatoms. The molecular weight excluding hydrogens is 668 g/mol. The third-order valence-corrected chi connectivity index (χ3v) is 10.9. The lowest BCUT2D eigenvalue weighted by Gasteiger charge is -2.36. The van der Waals surface area contributed by atoms with Crippen LogP contribution in [0.5, 0.6) is 5.75 Å². The quantitative estimate of drug-likeness (QED) is 0.277. The molecule has 3 aromatic carbocycles. The van der Waals surface area contributed by atoms with Gasteiger partial charge in [0, 0.05) is 25.2 Å². The number of sulfonamides is 1. The predicted octanol–water partition coefficient (Wildman–Crippen LogP) is 3.68. The van der Waals surface area contributed by atoms with Crippen LogP contribution in [0.4, 0.5) is 4.39 Å². The second-order valence-corrected chi connectivity index (χ2v) is 15.0. The number of hydrogen-bond acceptors (Lipinski definition) is 7. The molecule has 10 nitrogen and oxygen atoms in total. The molecule has 4 bridgehead atoms. The number of hydrogen-bond donors (Lipinski definition) is 4. The van der Waals surface area contributed by atoms with Crippen molar-refractivity contribution >= 4 is 40.4 Å². The van der Waals surface area contributed by atoms with Gasteiger partial charge in [-0.2, -0.15) is 12.6 Å². The third kappa shape index (κ3) is 10.1. The van der Waals surface area contributed by atoms with E-state index in [2.05, 4.69) is 28.0 Å². The highest BCUT2D eigenvalue weighted by molar-refractivity contribution is 7.88. The van der Waals surface area contributed by atoms with Crippen LogP contribution in [0.25, 0.3) is 0 Å². The molecule has 49 heavy (non-hydrogen) atoms. The van der Waals surface area contributed by atoms with Gasteiger partial charge in [0.25, 0.3) is 0 Å². The molecule has 0 aliphatic carbocycles. The minimum atomic E-state index is -4.37. The first-order valence-electron chi connectivity index (χ1n) is 16.5. The Labute approximate surface area is 292 Å². The van der Waals surface area contributed by atoms with Crippen molar-refractivity contribution < 1.29 is 31.9 Å². The van der Waals surface area contributed by atoms with Gasteiger partial charge < -0.3 is 20.3 Å². The molecule has 2 aliphatic heterocycles. The molecule has 0 saturated carbocycles. The Hall–Kier alpha value is -3.94. The third-order valence-electron chi connectivity index (χ3n) is 9.06. The number of amides is 3. The molecule has 2 heterocycles. The van der Waals surface area contributed by atoms with Crippen molar-refractivity contribution in [2.45, 2.75) is 68.7 Å². The number of ether oxygens (including phenoxy) is 1. The first-order chi connectivity index (χ1) is 23.5. The summed E-state index contributed by atoms with van der Waals surface area (Å²) in [6.07, 6.45) is 2.92. The second-order valence-electron chi connectivity index (χ2n) is 12.7. The molecule has 3 amide bonds. The number of benzene rings is 3. The largest absolute Gasteiger partial charge is 0.494 e. The van der Waals surface area contributed by atoms with E-state index in [1.165, 1.54) is 18.2 Å². The molecule has 2 aliphatic rings. The summed E-state index contributed by atoms with van der Waals surface area (Å²) in [5.41, 5.74) is 2.64. The summed E-state index contributed by atoms with van der Waals surface area (Å²) >= 11 is 4.53. The summed E-state index contributed by atoms with van der Waals surface area (Å²) in [5, 5.41) is 4.21. The van der Waals surface area contributed by atoms with E-state index >= 15 is 0 Å². The van der Waals surface area contributed by atoms with Crippen LogP contribution in [0, 0.1) is 18.7 Å². The molecule has 262 valence electrons. The molecule has 0 spiro atoms. The zero-order valence-corrected chi connectivity index (χ0v) is 29.1. The Morgan fingerprint density at radius 2 is 1.76 bits per heavy atom. The molecule has 2 unspecified atom stereocenters. The number of nitrogens with one attached hydrogen (secondary N) is 3.